The van der Waals surface area contributed by atoms with E-state index in [1.807, 2.05) is 0 Å². The number of ketones is 1. The Morgan fingerprint density at radius 1 is 1.00 bits per heavy atom. The van der Waals surface area contributed by atoms with Crippen LogP contribution in [0.1, 0.15) is 11.1 Å². The lowest BCUT2D eigenvalue weighted by Gasteiger charge is -2.27. The van der Waals surface area contributed by atoms with Crippen LogP contribution >= 0.6 is 11.6 Å². The van der Waals surface area contributed by atoms with Crippen molar-refractivity contribution in [1.82, 2.24) is 0 Å². The van der Waals surface area contributed by atoms with Crippen LogP contribution in [0, 0.1) is 6.57 Å². The van der Waals surface area contributed by atoms with Crippen molar-refractivity contribution in [2.24, 2.45) is 0 Å². The Hall–Kier alpha value is -2.49. The standard InChI is InChI=1S/C14H4ClF10NO2/c1-26-10-6(12(17,18)19)2-5(3-7(10)15)8(27)4-9(28)11(16,13(20,21)22)14(23,24)25/h2-4,27H/b8-4-. The summed E-state index contributed by atoms with van der Waals surface area (Å²) in [4.78, 5) is 13.8. The second-order valence-corrected chi connectivity index (χ2v) is 5.42. The highest BCUT2D eigenvalue weighted by atomic mass is 35.5. The molecule has 0 aliphatic heterocycles. The zero-order chi connectivity index (χ0) is 22.3. The van der Waals surface area contributed by atoms with Gasteiger partial charge in [-0.2, -0.15) is 39.5 Å². The molecular weight excluding hydrogens is 440 g/mol. The van der Waals surface area contributed by atoms with Gasteiger partial charge in [-0.25, -0.2) is 9.24 Å². The van der Waals surface area contributed by atoms with Crippen LogP contribution < -0.4 is 0 Å². The predicted octanol–water partition coefficient (Wildman–Crippen LogP) is 6.21. The molecule has 0 saturated carbocycles. The van der Waals surface area contributed by atoms with Gasteiger partial charge in [-0.3, -0.25) is 4.79 Å². The van der Waals surface area contributed by atoms with Gasteiger partial charge in [0.15, 0.2) is 0 Å². The van der Waals surface area contributed by atoms with E-state index in [-0.39, 0.29) is 6.07 Å². The van der Waals surface area contributed by atoms with Gasteiger partial charge in [-0.15, -0.1) is 0 Å². The first-order chi connectivity index (χ1) is 12.4. The molecule has 0 atom stereocenters. The number of allylic oxidation sites excluding steroid dienone is 1. The van der Waals surface area contributed by atoms with Crippen molar-refractivity contribution in [3.8, 4) is 0 Å². The molecule has 0 bridgehead atoms. The molecule has 1 aromatic rings. The molecule has 0 radical (unpaired) electrons. The first-order valence-corrected chi connectivity index (χ1v) is 6.81. The van der Waals surface area contributed by atoms with E-state index in [0.29, 0.717) is 6.07 Å². The number of benzene rings is 1. The molecule has 14 heteroatoms. The lowest BCUT2D eigenvalue weighted by atomic mass is 9.97. The van der Waals surface area contributed by atoms with Gasteiger partial charge in [0, 0.05) is 16.7 Å². The van der Waals surface area contributed by atoms with Crippen LogP contribution in [0.4, 0.5) is 49.6 Å². The second kappa shape index (κ2) is 7.16. The van der Waals surface area contributed by atoms with E-state index in [9.17, 15) is 53.8 Å². The Morgan fingerprint density at radius 2 is 1.46 bits per heavy atom. The molecule has 1 aromatic carbocycles. The van der Waals surface area contributed by atoms with Crippen LogP contribution in [0.2, 0.25) is 5.02 Å². The molecule has 3 nitrogen and oxygen atoms in total. The highest BCUT2D eigenvalue weighted by molar-refractivity contribution is 6.33. The van der Waals surface area contributed by atoms with Gasteiger partial charge in [0.2, 0.25) is 11.5 Å². The summed E-state index contributed by atoms with van der Waals surface area (Å²) in [6.07, 6.45) is -19.7. The zero-order valence-corrected chi connectivity index (χ0v) is 13.4. The molecule has 0 fully saturated rings. The van der Waals surface area contributed by atoms with Crippen LogP contribution in [0.15, 0.2) is 18.2 Å². The molecule has 0 unspecified atom stereocenters. The molecule has 0 heterocycles. The summed E-state index contributed by atoms with van der Waals surface area (Å²) >= 11 is 5.39. The Kier molecular flexibility index (Phi) is 6.02. The zero-order valence-electron chi connectivity index (χ0n) is 12.7. The molecule has 0 spiro atoms. The largest absolute Gasteiger partial charge is 0.507 e. The normalized spacial score (nSPS) is 14.0. The minimum absolute atomic E-state index is 0.0561. The molecular formula is C14H4ClF10NO2. The quantitative estimate of drug-likeness (QED) is 0.261. The van der Waals surface area contributed by atoms with Gasteiger partial charge < -0.3 is 5.11 Å². The fourth-order valence-corrected chi connectivity index (χ4v) is 2.09. The molecule has 154 valence electrons. The van der Waals surface area contributed by atoms with Gasteiger partial charge in [-0.05, 0) is 12.1 Å². The summed E-state index contributed by atoms with van der Waals surface area (Å²) in [7, 11) is 0. The number of hydrogen-bond donors (Lipinski definition) is 1. The van der Waals surface area contributed by atoms with E-state index in [2.05, 4.69) is 4.85 Å². The van der Waals surface area contributed by atoms with Crippen molar-refractivity contribution in [1.29, 1.82) is 0 Å². The number of nitrogens with zero attached hydrogens (tertiary/aromatic N) is 1. The summed E-state index contributed by atoms with van der Waals surface area (Å²) in [5.74, 6) is -5.20. The van der Waals surface area contributed by atoms with E-state index in [4.69, 9.17) is 18.2 Å². The SMILES string of the molecule is [C-]#[N+]c1c(Cl)cc(/C(O)=C/C(=O)C(F)(C(F)(F)F)C(F)(F)F)cc1C(F)(F)F. The fourth-order valence-electron chi connectivity index (χ4n) is 1.82. The fraction of sp³-hybridized carbons (Fsp3) is 0.286. The van der Waals surface area contributed by atoms with Crippen LogP contribution in [0.3, 0.4) is 0 Å². The first-order valence-electron chi connectivity index (χ1n) is 6.44. The second-order valence-electron chi connectivity index (χ2n) is 5.01. The number of carbonyl (C=O) groups excluding carboxylic acids is 1. The van der Waals surface area contributed by atoms with Crippen LogP contribution in [-0.4, -0.2) is 28.9 Å². The summed E-state index contributed by atoms with van der Waals surface area (Å²) in [6.45, 7) is 6.63. The van der Waals surface area contributed by atoms with Crippen molar-refractivity contribution in [2.75, 3.05) is 0 Å². The lowest BCUT2D eigenvalue weighted by molar-refractivity contribution is -0.323. The van der Waals surface area contributed by atoms with Gasteiger partial charge in [0.25, 0.3) is 0 Å². The van der Waals surface area contributed by atoms with Crippen molar-refractivity contribution in [3.05, 3.63) is 45.8 Å². The van der Waals surface area contributed by atoms with Gasteiger partial charge >= 0.3 is 24.2 Å². The molecule has 0 amide bonds. The van der Waals surface area contributed by atoms with Crippen molar-refractivity contribution >= 4 is 28.8 Å². The average Bonchev–Trinajstić information content (AvgIpc) is 2.49. The molecule has 28 heavy (non-hydrogen) atoms. The third-order valence-corrected chi connectivity index (χ3v) is 3.45. The average molecular weight is 444 g/mol. The summed E-state index contributed by atoms with van der Waals surface area (Å²) in [5.41, 5.74) is -10.6. The first kappa shape index (κ1) is 23.5. The van der Waals surface area contributed by atoms with Gasteiger partial charge in [-0.1, -0.05) is 11.6 Å². The Labute approximate surface area is 153 Å². The Morgan fingerprint density at radius 3 is 1.82 bits per heavy atom. The van der Waals surface area contributed by atoms with E-state index in [1.54, 1.807) is 0 Å². The van der Waals surface area contributed by atoms with Crippen molar-refractivity contribution < 1.29 is 53.8 Å². The van der Waals surface area contributed by atoms with Gasteiger partial charge in [0.05, 0.1) is 12.1 Å². The van der Waals surface area contributed by atoms with E-state index in [1.165, 1.54) is 0 Å². The molecule has 1 N–H and O–H groups in total. The number of halogens is 11. The number of hydrogen-bond acceptors (Lipinski definition) is 2. The summed E-state index contributed by atoms with van der Waals surface area (Å²) in [6, 6.07) is 0.309. The molecule has 0 aromatic heterocycles. The summed E-state index contributed by atoms with van der Waals surface area (Å²) in [5, 5.41) is 8.52. The topological polar surface area (TPSA) is 41.7 Å². The lowest BCUT2D eigenvalue weighted by Crippen LogP contribution is -2.58. The monoisotopic (exact) mass is 443 g/mol. The maximum absolute atomic E-state index is 13.5. The van der Waals surface area contributed by atoms with Crippen LogP contribution in [-0.2, 0) is 11.0 Å². The third-order valence-electron chi connectivity index (χ3n) is 3.16. The minimum Gasteiger partial charge on any atom is -0.507 e. The highest BCUT2D eigenvalue weighted by Crippen LogP contribution is 2.47. The molecule has 0 aliphatic rings. The minimum atomic E-state index is -6.78. The molecule has 1 rings (SSSR count). The van der Waals surface area contributed by atoms with E-state index in [0.717, 1.165) is 0 Å². The number of aliphatic hydroxyl groups is 1. The van der Waals surface area contributed by atoms with Crippen LogP contribution in [0.25, 0.3) is 10.6 Å². The van der Waals surface area contributed by atoms with E-state index < -0.39 is 63.7 Å². The van der Waals surface area contributed by atoms with Gasteiger partial charge in [0.1, 0.15) is 5.76 Å². The predicted molar refractivity (Wildman–Crippen MR) is 74.3 cm³/mol. The number of aliphatic hydroxyl groups excluding tert-OH is 1. The van der Waals surface area contributed by atoms with E-state index >= 15 is 0 Å². The van der Waals surface area contributed by atoms with Crippen molar-refractivity contribution in [3.63, 3.8) is 0 Å². The van der Waals surface area contributed by atoms with Crippen LogP contribution in [0.5, 0.6) is 0 Å². The number of rotatable bonds is 3. The number of carbonyl (C=O) groups is 1. The smallest absolute Gasteiger partial charge is 0.439 e. The third kappa shape index (κ3) is 4.16. The summed E-state index contributed by atoms with van der Waals surface area (Å²) < 4.78 is 127. The maximum Gasteiger partial charge on any atom is 0.439 e. The maximum atomic E-state index is 13.5. The highest BCUT2D eigenvalue weighted by Gasteiger charge is 2.76. The number of alkyl halides is 10. The van der Waals surface area contributed by atoms with Crippen molar-refractivity contribution in [2.45, 2.75) is 24.2 Å². The molecule has 0 saturated heterocycles. The Bertz CT molecular complexity index is 847. The Balaban J connectivity index is 3.60. The molecule has 0 aliphatic carbocycles.